The molecular weight excluding hydrogens is 252 g/mol. The Morgan fingerprint density at radius 2 is 2.25 bits per heavy atom. The third-order valence-electron chi connectivity index (χ3n) is 3.02. The zero-order chi connectivity index (χ0) is 15.0. The van der Waals surface area contributed by atoms with Gasteiger partial charge in [-0.2, -0.15) is 5.26 Å². The van der Waals surface area contributed by atoms with Gasteiger partial charge in [0.15, 0.2) is 0 Å². The van der Waals surface area contributed by atoms with Gasteiger partial charge in [0.1, 0.15) is 5.75 Å². The summed E-state index contributed by atoms with van der Waals surface area (Å²) in [4.78, 5) is 13.7. The SMILES string of the molecule is CCN(CC(C)C#N)C(=O)CCOc1cccc(C)c1. The Labute approximate surface area is 121 Å². The topological polar surface area (TPSA) is 53.3 Å². The van der Waals surface area contributed by atoms with Gasteiger partial charge in [-0.3, -0.25) is 4.79 Å². The number of nitrogens with zero attached hydrogens (tertiary/aromatic N) is 2. The molecular formula is C16H22N2O2. The first-order valence-corrected chi connectivity index (χ1v) is 6.93. The van der Waals surface area contributed by atoms with Gasteiger partial charge in [0.05, 0.1) is 25.0 Å². The number of nitriles is 1. The lowest BCUT2D eigenvalue weighted by Crippen LogP contribution is -2.35. The maximum atomic E-state index is 12.0. The number of carbonyl (C=O) groups is 1. The van der Waals surface area contributed by atoms with Crippen LogP contribution in [0.3, 0.4) is 0 Å². The van der Waals surface area contributed by atoms with Crippen LogP contribution in [0.5, 0.6) is 5.75 Å². The van der Waals surface area contributed by atoms with Gasteiger partial charge in [0, 0.05) is 13.1 Å². The summed E-state index contributed by atoms with van der Waals surface area (Å²) in [5.74, 6) is 0.671. The molecule has 108 valence electrons. The van der Waals surface area contributed by atoms with Crippen molar-refractivity contribution in [3.05, 3.63) is 29.8 Å². The lowest BCUT2D eigenvalue weighted by atomic mass is 10.2. The number of hydrogen-bond donors (Lipinski definition) is 0. The number of ether oxygens (including phenoxy) is 1. The first-order chi connectivity index (χ1) is 9.56. The highest BCUT2D eigenvalue weighted by Gasteiger charge is 2.14. The van der Waals surface area contributed by atoms with Crippen molar-refractivity contribution in [2.75, 3.05) is 19.7 Å². The molecule has 1 amide bonds. The summed E-state index contributed by atoms with van der Waals surface area (Å²) < 4.78 is 5.57. The minimum atomic E-state index is -0.142. The minimum Gasteiger partial charge on any atom is -0.493 e. The second kappa shape index (κ2) is 8.21. The van der Waals surface area contributed by atoms with Crippen molar-refractivity contribution in [1.29, 1.82) is 5.26 Å². The molecule has 0 radical (unpaired) electrons. The lowest BCUT2D eigenvalue weighted by molar-refractivity contribution is -0.131. The molecule has 0 fully saturated rings. The number of amides is 1. The molecule has 1 unspecified atom stereocenters. The highest BCUT2D eigenvalue weighted by Crippen LogP contribution is 2.12. The molecule has 1 aromatic carbocycles. The van der Waals surface area contributed by atoms with Crippen LogP contribution in [0, 0.1) is 24.2 Å². The largest absolute Gasteiger partial charge is 0.493 e. The van der Waals surface area contributed by atoms with Crippen molar-refractivity contribution >= 4 is 5.91 Å². The molecule has 0 N–H and O–H groups in total. The summed E-state index contributed by atoms with van der Waals surface area (Å²) >= 11 is 0. The third kappa shape index (κ3) is 5.31. The molecule has 0 spiro atoms. The van der Waals surface area contributed by atoms with Gasteiger partial charge in [-0.05, 0) is 38.5 Å². The standard InChI is InChI=1S/C16H22N2O2/c1-4-18(12-14(3)11-17)16(19)8-9-20-15-7-5-6-13(2)10-15/h5-7,10,14H,4,8-9,12H2,1-3H3. The van der Waals surface area contributed by atoms with E-state index in [4.69, 9.17) is 10.00 Å². The Kier molecular flexibility index (Phi) is 6.58. The van der Waals surface area contributed by atoms with Crippen LogP contribution in [0.25, 0.3) is 0 Å². The summed E-state index contributed by atoms with van der Waals surface area (Å²) in [5, 5.41) is 8.80. The van der Waals surface area contributed by atoms with Gasteiger partial charge in [0.2, 0.25) is 5.91 Å². The normalized spacial score (nSPS) is 11.5. The fourth-order valence-corrected chi connectivity index (χ4v) is 1.90. The predicted molar refractivity (Wildman–Crippen MR) is 78.3 cm³/mol. The highest BCUT2D eigenvalue weighted by molar-refractivity contribution is 5.76. The van der Waals surface area contributed by atoms with E-state index >= 15 is 0 Å². The van der Waals surface area contributed by atoms with Gasteiger partial charge in [-0.15, -0.1) is 0 Å². The smallest absolute Gasteiger partial charge is 0.226 e. The van der Waals surface area contributed by atoms with Gasteiger partial charge in [-0.1, -0.05) is 12.1 Å². The zero-order valence-corrected chi connectivity index (χ0v) is 12.4. The second-order valence-corrected chi connectivity index (χ2v) is 4.88. The van der Waals surface area contributed by atoms with Crippen LogP contribution < -0.4 is 4.74 Å². The minimum absolute atomic E-state index is 0.0299. The monoisotopic (exact) mass is 274 g/mol. The maximum Gasteiger partial charge on any atom is 0.226 e. The number of benzene rings is 1. The molecule has 0 aliphatic carbocycles. The molecule has 0 bridgehead atoms. The number of hydrogen-bond acceptors (Lipinski definition) is 3. The molecule has 1 rings (SSSR count). The summed E-state index contributed by atoms with van der Waals surface area (Å²) in [7, 11) is 0. The molecule has 0 aliphatic heterocycles. The lowest BCUT2D eigenvalue weighted by Gasteiger charge is -2.22. The van der Waals surface area contributed by atoms with Crippen molar-refractivity contribution in [3.63, 3.8) is 0 Å². The molecule has 0 heterocycles. The van der Waals surface area contributed by atoms with Gasteiger partial charge >= 0.3 is 0 Å². The van der Waals surface area contributed by atoms with Crippen molar-refractivity contribution < 1.29 is 9.53 Å². The van der Waals surface area contributed by atoms with Crippen molar-refractivity contribution in [2.24, 2.45) is 5.92 Å². The van der Waals surface area contributed by atoms with E-state index in [1.54, 1.807) is 4.90 Å². The summed E-state index contributed by atoms with van der Waals surface area (Å²) in [6.45, 7) is 7.20. The quantitative estimate of drug-likeness (QED) is 0.768. The summed E-state index contributed by atoms with van der Waals surface area (Å²) in [5.41, 5.74) is 1.13. The number of rotatable bonds is 7. The third-order valence-corrected chi connectivity index (χ3v) is 3.02. The molecule has 1 atom stereocenters. The van der Waals surface area contributed by atoms with Crippen molar-refractivity contribution in [1.82, 2.24) is 4.90 Å². The average molecular weight is 274 g/mol. The van der Waals surface area contributed by atoms with Gasteiger partial charge < -0.3 is 9.64 Å². The van der Waals surface area contributed by atoms with Crippen LogP contribution in [-0.4, -0.2) is 30.5 Å². The van der Waals surface area contributed by atoms with Crippen LogP contribution in [0.4, 0.5) is 0 Å². The Bertz CT molecular complexity index is 480. The van der Waals surface area contributed by atoms with Gasteiger partial charge in [-0.25, -0.2) is 0 Å². The summed E-state index contributed by atoms with van der Waals surface area (Å²) in [6.07, 6.45) is 0.333. The van der Waals surface area contributed by atoms with E-state index in [0.29, 0.717) is 26.1 Å². The highest BCUT2D eigenvalue weighted by atomic mass is 16.5. The summed E-state index contributed by atoms with van der Waals surface area (Å²) in [6, 6.07) is 9.90. The van der Waals surface area contributed by atoms with E-state index < -0.39 is 0 Å². The van der Waals surface area contributed by atoms with E-state index in [1.807, 2.05) is 45.0 Å². The van der Waals surface area contributed by atoms with Crippen molar-refractivity contribution in [3.8, 4) is 11.8 Å². The molecule has 20 heavy (non-hydrogen) atoms. The van der Waals surface area contributed by atoms with E-state index in [2.05, 4.69) is 6.07 Å². The molecule has 1 aromatic rings. The Hall–Kier alpha value is -2.02. The predicted octanol–water partition coefficient (Wildman–Crippen LogP) is 2.77. The van der Waals surface area contributed by atoms with Gasteiger partial charge in [0.25, 0.3) is 0 Å². The molecule has 0 aromatic heterocycles. The van der Waals surface area contributed by atoms with Crippen LogP contribution in [-0.2, 0) is 4.79 Å². The van der Waals surface area contributed by atoms with E-state index in [1.165, 1.54) is 0 Å². The second-order valence-electron chi connectivity index (χ2n) is 4.88. The fourth-order valence-electron chi connectivity index (χ4n) is 1.90. The average Bonchev–Trinajstić information content (AvgIpc) is 2.44. The Morgan fingerprint density at radius 3 is 2.85 bits per heavy atom. The van der Waals surface area contributed by atoms with Crippen LogP contribution >= 0.6 is 0 Å². The zero-order valence-electron chi connectivity index (χ0n) is 12.4. The van der Waals surface area contributed by atoms with Crippen LogP contribution in [0.15, 0.2) is 24.3 Å². The molecule has 0 saturated heterocycles. The number of aryl methyl sites for hydroxylation is 1. The fraction of sp³-hybridized carbons (Fsp3) is 0.500. The van der Waals surface area contributed by atoms with E-state index in [0.717, 1.165) is 11.3 Å². The first-order valence-electron chi connectivity index (χ1n) is 6.93. The maximum absolute atomic E-state index is 12.0. The van der Waals surface area contributed by atoms with E-state index in [-0.39, 0.29) is 11.8 Å². The van der Waals surface area contributed by atoms with Crippen LogP contribution in [0.1, 0.15) is 25.8 Å². The Morgan fingerprint density at radius 1 is 1.50 bits per heavy atom. The number of carbonyl (C=O) groups excluding carboxylic acids is 1. The first kappa shape index (κ1) is 16.0. The molecule has 0 saturated carbocycles. The van der Waals surface area contributed by atoms with E-state index in [9.17, 15) is 4.79 Å². The molecule has 0 aliphatic rings. The Balaban J connectivity index is 2.40. The van der Waals surface area contributed by atoms with Crippen molar-refractivity contribution in [2.45, 2.75) is 27.2 Å². The molecule has 4 heteroatoms. The van der Waals surface area contributed by atoms with Crippen LogP contribution in [0.2, 0.25) is 0 Å². The molecule has 4 nitrogen and oxygen atoms in total.